The third-order valence-electron chi connectivity index (χ3n) is 5.52. The smallest absolute Gasteiger partial charge is 0.365 e. The molecule has 2 aromatic heterocycles. The Morgan fingerprint density at radius 3 is 2.62 bits per heavy atom. The SMILES string of the molecule is O=C(Nc1cccc(C(F)(F)F)c1N1CCc2c(cnc3ccnn23)C1)c1ccccc1. The van der Waals surface area contributed by atoms with Gasteiger partial charge in [0.1, 0.15) is 0 Å². The molecule has 162 valence electrons. The maximum atomic E-state index is 13.9. The van der Waals surface area contributed by atoms with Gasteiger partial charge in [-0.15, -0.1) is 0 Å². The minimum absolute atomic E-state index is 0.0458. The van der Waals surface area contributed by atoms with Gasteiger partial charge in [0.15, 0.2) is 5.65 Å². The Balaban J connectivity index is 1.55. The molecule has 5 rings (SSSR count). The highest BCUT2D eigenvalue weighted by molar-refractivity contribution is 6.06. The second-order valence-electron chi connectivity index (χ2n) is 7.52. The van der Waals surface area contributed by atoms with Crippen molar-refractivity contribution in [1.29, 1.82) is 0 Å². The van der Waals surface area contributed by atoms with Crippen molar-refractivity contribution >= 4 is 22.9 Å². The number of halogens is 3. The van der Waals surface area contributed by atoms with Crippen LogP contribution in [0.2, 0.25) is 0 Å². The fourth-order valence-electron chi connectivity index (χ4n) is 4.07. The van der Waals surface area contributed by atoms with Crippen molar-refractivity contribution in [1.82, 2.24) is 14.6 Å². The third kappa shape index (κ3) is 3.55. The van der Waals surface area contributed by atoms with Crippen molar-refractivity contribution in [3.63, 3.8) is 0 Å². The number of alkyl halides is 3. The molecule has 0 bridgehead atoms. The summed E-state index contributed by atoms with van der Waals surface area (Å²) in [7, 11) is 0. The molecule has 0 saturated heterocycles. The number of nitrogens with zero attached hydrogens (tertiary/aromatic N) is 4. The number of hydrogen-bond acceptors (Lipinski definition) is 4. The van der Waals surface area contributed by atoms with Crippen LogP contribution in [-0.2, 0) is 19.1 Å². The standard InChI is InChI=1S/C23H18F3N5O/c24-23(25,26)17-7-4-8-18(29-22(32)15-5-2-1-3-6-15)21(17)30-12-10-19-16(14-30)13-27-20-9-11-28-31(19)20/h1-9,11,13H,10,12,14H2,(H,29,32). The summed E-state index contributed by atoms with van der Waals surface area (Å²) >= 11 is 0. The number of rotatable bonds is 3. The molecule has 0 saturated carbocycles. The zero-order valence-corrected chi connectivity index (χ0v) is 16.8. The van der Waals surface area contributed by atoms with Gasteiger partial charge in [-0.3, -0.25) is 4.79 Å². The number of fused-ring (bicyclic) bond motifs is 3. The van der Waals surface area contributed by atoms with Crippen LogP contribution < -0.4 is 10.2 Å². The molecular formula is C23H18F3N5O. The molecule has 0 atom stereocenters. The summed E-state index contributed by atoms with van der Waals surface area (Å²) < 4.78 is 43.5. The summed E-state index contributed by atoms with van der Waals surface area (Å²) in [6, 6.07) is 14.0. The topological polar surface area (TPSA) is 62.5 Å². The molecule has 1 N–H and O–H groups in total. The summed E-state index contributed by atoms with van der Waals surface area (Å²) in [6.45, 7) is 0.562. The van der Waals surface area contributed by atoms with E-state index < -0.39 is 17.6 Å². The van der Waals surface area contributed by atoms with Crippen molar-refractivity contribution in [3.05, 3.63) is 89.4 Å². The van der Waals surface area contributed by atoms with Gasteiger partial charge in [-0.25, -0.2) is 9.50 Å². The Morgan fingerprint density at radius 2 is 1.84 bits per heavy atom. The van der Waals surface area contributed by atoms with Gasteiger partial charge < -0.3 is 10.2 Å². The molecule has 9 heteroatoms. The molecule has 2 aromatic carbocycles. The molecule has 1 aliphatic heterocycles. The molecule has 32 heavy (non-hydrogen) atoms. The predicted molar refractivity (Wildman–Crippen MR) is 114 cm³/mol. The van der Waals surface area contributed by atoms with E-state index in [9.17, 15) is 18.0 Å². The van der Waals surface area contributed by atoms with E-state index in [1.165, 1.54) is 12.1 Å². The van der Waals surface area contributed by atoms with Gasteiger partial charge in [0.05, 0.1) is 28.8 Å². The summed E-state index contributed by atoms with van der Waals surface area (Å²) in [6.07, 6.45) is -0.760. The number of hydrogen-bond donors (Lipinski definition) is 1. The number of carbonyl (C=O) groups is 1. The summed E-state index contributed by atoms with van der Waals surface area (Å²) in [4.78, 5) is 18.7. The van der Waals surface area contributed by atoms with Gasteiger partial charge >= 0.3 is 6.18 Å². The van der Waals surface area contributed by atoms with Crippen LogP contribution >= 0.6 is 0 Å². The highest BCUT2D eigenvalue weighted by atomic mass is 19.4. The van der Waals surface area contributed by atoms with Gasteiger partial charge in [0, 0.05) is 42.9 Å². The number of amides is 1. The number of nitrogens with one attached hydrogen (secondary N) is 1. The van der Waals surface area contributed by atoms with E-state index in [1.54, 1.807) is 58.2 Å². The van der Waals surface area contributed by atoms with Crippen LogP contribution in [0.25, 0.3) is 5.65 Å². The van der Waals surface area contributed by atoms with Crippen molar-refractivity contribution in [2.45, 2.75) is 19.1 Å². The molecule has 0 aliphatic carbocycles. The summed E-state index contributed by atoms with van der Waals surface area (Å²) in [5.41, 5.74) is 2.06. The average Bonchev–Trinajstić information content (AvgIpc) is 3.28. The average molecular weight is 437 g/mol. The molecule has 6 nitrogen and oxygen atoms in total. The van der Waals surface area contributed by atoms with Crippen molar-refractivity contribution in [2.75, 3.05) is 16.8 Å². The maximum Gasteiger partial charge on any atom is 0.418 e. The van der Waals surface area contributed by atoms with Crippen LogP contribution in [0.1, 0.15) is 27.2 Å². The fourth-order valence-corrected chi connectivity index (χ4v) is 4.07. The molecule has 0 spiro atoms. The van der Waals surface area contributed by atoms with E-state index in [-0.39, 0.29) is 17.9 Å². The first-order valence-corrected chi connectivity index (χ1v) is 10.0. The lowest BCUT2D eigenvalue weighted by molar-refractivity contribution is -0.137. The second kappa shape index (κ2) is 7.67. The minimum atomic E-state index is -4.58. The monoisotopic (exact) mass is 437 g/mol. The van der Waals surface area contributed by atoms with Gasteiger partial charge in [-0.05, 0) is 24.3 Å². The second-order valence-corrected chi connectivity index (χ2v) is 7.52. The van der Waals surface area contributed by atoms with E-state index >= 15 is 0 Å². The van der Waals surface area contributed by atoms with Gasteiger partial charge in [-0.2, -0.15) is 18.3 Å². The van der Waals surface area contributed by atoms with E-state index in [0.717, 1.165) is 17.3 Å². The highest BCUT2D eigenvalue weighted by Crippen LogP contribution is 2.42. The van der Waals surface area contributed by atoms with E-state index in [4.69, 9.17) is 0 Å². The Kier molecular flexibility index (Phi) is 4.80. The van der Waals surface area contributed by atoms with Crippen molar-refractivity contribution in [3.8, 4) is 0 Å². The third-order valence-corrected chi connectivity index (χ3v) is 5.52. The quantitative estimate of drug-likeness (QED) is 0.510. The van der Waals surface area contributed by atoms with Crippen LogP contribution in [0.15, 0.2) is 67.0 Å². The predicted octanol–water partition coefficient (Wildman–Crippen LogP) is 4.56. The lowest BCUT2D eigenvalue weighted by Gasteiger charge is -2.34. The number of carbonyl (C=O) groups excluding carboxylic acids is 1. The number of para-hydroxylation sites is 1. The van der Waals surface area contributed by atoms with Crippen LogP contribution in [0, 0.1) is 0 Å². The van der Waals surface area contributed by atoms with Crippen LogP contribution in [0.5, 0.6) is 0 Å². The largest absolute Gasteiger partial charge is 0.418 e. The lowest BCUT2D eigenvalue weighted by Crippen LogP contribution is -2.34. The maximum absolute atomic E-state index is 13.9. The molecule has 1 aliphatic rings. The summed E-state index contributed by atoms with van der Waals surface area (Å²) in [5.74, 6) is -0.469. The molecule has 1 amide bonds. The van der Waals surface area contributed by atoms with E-state index in [0.29, 0.717) is 24.2 Å². The first kappa shape index (κ1) is 20.0. The van der Waals surface area contributed by atoms with Gasteiger partial charge in [0.25, 0.3) is 5.91 Å². The molecule has 0 radical (unpaired) electrons. The molecular weight excluding hydrogens is 419 g/mol. The number of aromatic nitrogens is 3. The van der Waals surface area contributed by atoms with E-state index in [2.05, 4.69) is 15.4 Å². The number of benzene rings is 2. The Bertz CT molecular complexity index is 1300. The highest BCUT2D eigenvalue weighted by Gasteiger charge is 2.37. The first-order chi connectivity index (χ1) is 15.4. The molecule has 0 unspecified atom stereocenters. The first-order valence-electron chi connectivity index (χ1n) is 10.0. The Morgan fingerprint density at radius 1 is 1.03 bits per heavy atom. The van der Waals surface area contributed by atoms with E-state index in [1.807, 2.05) is 0 Å². The van der Waals surface area contributed by atoms with Gasteiger partial charge in [0.2, 0.25) is 0 Å². The van der Waals surface area contributed by atoms with Crippen LogP contribution in [0.3, 0.4) is 0 Å². The minimum Gasteiger partial charge on any atom is -0.365 e. The molecule has 3 heterocycles. The zero-order valence-electron chi connectivity index (χ0n) is 16.8. The number of anilines is 2. The summed E-state index contributed by atoms with van der Waals surface area (Å²) in [5, 5.41) is 6.95. The molecule has 0 fully saturated rings. The Hall–Kier alpha value is -3.88. The van der Waals surface area contributed by atoms with Crippen LogP contribution in [-0.4, -0.2) is 27.0 Å². The fraction of sp³-hybridized carbons (Fsp3) is 0.174. The van der Waals surface area contributed by atoms with Crippen LogP contribution in [0.4, 0.5) is 24.5 Å². The lowest BCUT2D eigenvalue weighted by atomic mass is 10.0. The van der Waals surface area contributed by atoms with Crippen molar-refractivity contribution < 1.29 is 18.0 Å². The zero-order chi connectivity index (χ0) is 22.3. The van der Waals surface area contributed by atoms with Gasteiger partial charge in [-0.1, -0.05) is 24.3 Å². The molecule has 4 aromatic rings. The normalized spacial score (nSPS) is 13.8. The van der Waals surface area contributed by atoms with Crippen molar-refractivity contribution in [2.24, 2.45) is 0 Å². The Labute approximate surface area is 181 Å².